The summed E-state index contributed by atoms with van der Waals surface area (Å²) in [6.07, 6.45) is 3.68. The van der Waals surface area contributed by atoms with E-state index in [9.17, 15) is 0 Å². The standard InChI is InChI=1S/C16H27N3O/c1-4-6-14-11-19(13(2)9-10-17-14)12-15-7-5-8-16(18-15)20-3/h5,7-8,13-14,17H,4,6,9-12H2,1-3H3. The largest absolute Gasteiger partial charge is 0.481 e. The van der Waals surface area contributed by atoms with Crippen LogP contribution in [0.5, 0.6) is 5.88 Å². The smallest absolute Gasteiger partial charge is 0.213 e. The van der Waals surface area contributed by atoms with Crippen LogP contribution >= 0.6 is 0 Å². The van der Waals surface area contributed by atoms with Gasteiger partial charge in [-0.3, -0.25) is 4.90 Å². The quantitative estimate of drug-likeness (QED) is 0.897. The number of rotatable bonds is 5. The molecule has 0 spiro atoms. The van der Waals surface area contributed by atoms with E-state index in [1.54, 1.807) is 7.11 Å². The Balaban J connectivity index is 2.03. The van der Waals surface area contributed by atoms with Crippen LogP contribution in [-0.2, 0) is 6.54 Å². The zero-order valence-electron chi connectivity index (χ0n) is 12.9. The molecule has 112 valence electrons. The van der Waals surface area contributed by atoms with Crippen LogP contribution in [-0.4, -0.2) is 42.2 Å². The lowest BCUT2D eigenvalue weighted by molar-refractivity contribution is 0.190. The van der Waals surface area contributed by atoms with Gasteiger partial charge < -0.3 is 10.1 Å². The van der Waals surface area contributed by atoms with Crippen LogP contribution in [0.1, 0.15) is 38.8 Å². The summed E-state index contributed by atoms with van der Waals surface area (Å²) in [6, 6.07) is 7.21. The minimum atomic E-state index is 0.595. The van der Waals surface area contributed by atoms with Gasteiger partial charge in [0.1, 0.15) is 0 Å². The number of ether oxygens (including phenoxy) is 1. The van der Waals surface area contributed by atoms with Crippen LogP contribution in [0.4, 0.5) is 0 Å². The zero-order chi connectivity index (χ0) is 14.4. The highest BCUT2D eigenvalue weighted by atomic mass is 16.5. The predicted octanol–water partition coefficient (Wildman–Crippen LogP) is 2.44. The molecule has 0 amide bonds. The van der Waals surface area contributed by atoms with Crippen molar-refractivity contribution in [1.82, 2.24) is 15.2 Å². The topological polar surface area (TPSA) is 37.4 Å². The van der Waals surface area contributed by atoms with Crippen LogP contribution in [0.3, 0.4) is 0 Å². The first-order chi connectivity index (χ1) is 9.72. The van der Waals surface area contributed by atoms with Crippen molar-refractivity contribution in [3.8, 4) is 5.88 Å². The van der Waals surface area contributed by atoms with Crippen molar-refractivity contribution in [3.63, 3.8) is 0 Å². The van der Waals surface area contributed by atoms with Crippen molar-refractivity contribution < 1.29 is 4.74 Å². The molecular formula is C16H27N3O. The third-order valence-corrected chi connectivity index (χ3v) is 4.07. The molecule has 1 aliphatic heterocycles. The summed E-state index contributed by atoms with van der Waals surface area (Å²) in [6.45, 7) is 7.70. The second-order valence-electron chi connectivity index (χ2n) is 5.68. The summed E-state index contributed by atoms with van der Waals surface area (Å²) in [7, 11) is 1.67. The van der Waals surface area contributed by atoms with Gasteiger partial charge >= 0.3 is 0 Å². The third kappa shape index (κ3) is 4.18. The lowest BCUT2D eigenvalue weighted by Gasteiger charge is -2.28. The summed E-state index contributed by atoms with van der Waals surface area (Å²) in [5.74, 6) is 0.702. The van der Waals surface area contributed by atoms with Crippen LogP contribution in [0.2, 0.25) is 0 Å². The fourth-order valence-electron chi connectivity index (χ4n) is 2.84. The summed E-state index contributed by atoms with van der Waals surface area (Å²) in [4.78, 5) is 7.08. The van der Waals surface area contributed by atoms with E-state index in [0.717, 1.165) is 25.3 Å². The Bertz CT molecular complexity index is 410. The van der Waals surface area contributed by atoms with E-state index in [4.69, 9.17) is 4.74 Å². The molecule has 2 rings (SSSR count). The fourth-order valence-corrected chi connectivity index (χ4v) is 2.84. The lowest BCUT2D eigenvalue weighted by Crippen LogP contribution is -2.39. The van der Waals surface area contributed by atoms with E-state index in [-0.39, 0.29) is 0 Å². The molecule has 1 saturated heterocycles. The van der Waals surface area contributed by atoms with E-state index in [1.165, 1.54) is 19.3 Å². The fraction of sp³-hybridized carbons (Fsp3) is 0.688. The average molecular weight is 277 g/mol. The van der Waals surface area contributed by atoms with Crippen LogP contribution in [0.25, 0.3) is 0 Å². The minimum absolute atomic E-state index is 0.595. The summed E-state index contributed by atoms with van der Waals surface area (Å²) in [5, 5.41) is 3.66. The highest BCUT2D eigenvalue weighted by Gasteiger charge is 2.22. The number of pyridine rings is 1. The van der Waals surface area contributed by atoms with Gasteiger partial charge in [0.2, 0.25) is 5.88 Å². The molecule has 0 aliphatic carbocycles. The van der Waals surface area contributed by atoms with Gasteiger partial charge in [0.25, 0.3) is 0 Å². The highest BCUT2D eigenvalue weighted by molar-refractivity contribution is 5.15. The number of aromatic nitrogens is 1. The molecule has 0 bridgehead atoms. The summed E-state index contributed by atoms with van der Waals surface area (Å²) >= 11 is 0. The molecule has 1 aromatic heterocycles. The molecule has 1 fully saturated rings. The molecule has 0 saturated carbocycles. The molecule has 2 atom stereocenters. The van der Waals surface area contributed by atoms with Crippen molar-refractivity contribution in [1.29, 1.82) is 0 Å². The third-order valence-electron chi connectivity index (χ3n) is 4.07. The summed E-state index contributed by atoms with van der Waals surface area (Å²) in [5.41, 5.74) is 1.09. The number of nitrogens with one attached hydrogen (secondary N) is 1. The molecule has 20 heavy (non-hydrogen) atoms. The first-order valence-corrected chi connectivity index (χ1v) is 7.70. The number of methoxy groups -OCH3 is 1. The molecule has 2 unspecified atom stereocenters. The van der Waals surface area contributed by atoms with E-state index in [2.05, 4.69) is 35.1 Å². The molecule has 0 aromatic carbocycles. The van der Waals surface area contributed by atoms with Crippen LogP contribution < -0.4 is 10.1 Å². The van der Waals surface area contributed by atoms with Gasteiger partial charge in [0.05, 0.1) is 12.8 Å². The number of nitrogens with zero attached hydrogens (tertiary/aromatic N) is 2. The zero-order valence-corrected chi connectivity index (χ0v) is 12.9. The summed E-state index contributed by atoms with van der Waals surface area (Å²) < 4.78 is 5.21. The Labute approximate surface area is 122 Å². The monoisotopic (exact) mass is 277 g/mol. The Hall–Kier alpha value is -1.13. The van der Waals surface area contributed by atoms with Gasteiger partial charge in [0, 0.05) is 31.2 Å². The number of hydrogen-bond donors (Lipinski definition) is 1. The second-order valence-corrected chi connectivity index (χ2v) is 5.68. The normalized spacial score (nSPS) is 24.4. The van der Waals surface area contributed by atoms with Gasteiger partial charge in [-0.1, -0.05) is 19.4 Å². The minimum Gasteiger partial charge on any atom is -0.481 e. The van der Waals surface area contributed by atoms with Gasteiger partial charge in [-0.2, -0.15) is 0 Å². The Morgan fingerprint density at radius 2 is 2.30 bits per heavy atom. The molecule has 2 heterocycles. The van der Waals surface area contributed by atoms with Crippen molar-refractivity contribution in [2.24, 2.45) is 0 Å². The van der Waals surface area contributed by atoms with Crippen LogP contribution in [0.15, 0.2) is 18.2 Å². The molecular weight excluding hydrogens is 250 g/mol. The maximum Gasteiger partial charge on any atom is 0.213 e. The van der Waals surface area contributed by atoms with Crippen molar-refractivity contribution >= 4 is 0 Å². The lowest BCUT2D eigenvalue weighted by atomic mass is 10.1. The Morgan fingerprint density at radius 1 is 1.45 bits per heavy atom. The highest BCUT2D eigenvalue weighted by Crippen LogP contribution is 2.16. The maximum atomic E-state index is 5.21. The van der Waals surface area contributed by atoms with Crippen molar-refractivity contribution in [3.05, 3.63) is 23.9 Å². The molecule has 0 radical (unpaired) electrons. The molecule has 1 N–H and O–H groups in total. The molecule has 4 heteroatoms. The average Bonchev–Trinajstić information content (AvgIpc) is 2.62. The van der Waals surface area contributed by atoms with Gasteiger partial charge in [-0.25, -0.2) is 4.98 Å². The van der Waals surface area contributed by atoms with Gasteiger partial charge in [0.15, 0.2) is 0 Å². The number of hydrogen-bond acceptors (Lipinski definition) is 4. The SMILES string of the molecule is CCCC1CN(Cc2cccc(OC)n2)C(C)CCN1. The van der Waals surface area contributed by atoms with E-state index in [1.807, 2.05) is 12.1 Å². The first-order valence-electron chi connectivity index (χ1n) is 7.70. The molecule has 4 nitrogen and oxygen atoms in total. The predicted molar refractivity (Wildman–Crippen MR) is 82.0 cm³/mol. The molecule has 1 aromatic rings. The van der Waals surface area contributed by atoms with Gasteiger partial charge in [-0.15, -0.1) is 0 Å². The van der Waals surface area contributed by atoms with E-state index < -0.39 is 0 Å². The van der Waals surface area contributed by atoms with Crippen LogP contribution in [0, 0.1) is 0 Å². The van der Waals surface area contributed by atoms with Crippen molar-refractivity contribution in [2.75, 3.05) is 20.2 Å². The Morgan fingerprint density at radius 3 is 3.05 bits per heavy atom. The van der Waals surface area contributed by atoms with Gasteiger partial charge in [-0.05, 0) is 32.4 Å². The first kappa shape index (κ1) is 15.3. The van der Waals surface area contributed by atoms with E-state index in [0.29, 0.717) is 18.0 Å². The second kappa shape index (κ2) is 7.60. The van der Waals surface area contributed by atoms with Crippen molar-refractivity contribution in [2.45, 2.75) is 51.7 Å². The Kier molecular flexibility index (Phi) is 5.80. The molecule has 1 aliphatic rings. The van der Waals surface area contributed by atoms with E-state index >= 15 is 0 Å². The maximum absolute atomic E-state index is 5.21.